The lowest BCUT2D eigenvalue weighted by molar-refractivity contribution is -0.119. The standard InChI is InChI=1S/C22H24N2O4S/c1-22(2,3)14-6-9-16-17(11-23)20(29-18(16)10-14)24-19(26)12-28-21(27)13-4-7-15(25)8-5-13/h4-5,7-8,14,25H,6,9-10,12H2,1-3H3,(H,24,26)/t14-/m1/s1. The van der Waals surface area contributed by atoms with Crippen LogP contribution < -0.4 is 5.32 Å². The molecule has 3 rings (SSSR count). The molecule has 1 aliphatic rings. The zero-order valence-electron chi connectivity index (χ0n) is 16.7. The van der Waals surface area contributed by atoms with Crippen LogP contribution >= 0.6 is 11.3 Å². The van der Waals surface area contributed by atoms with Gasteiger partial charge >= 0.3 is 5.97 Å². The van der Waals surface area contributed by atoms with Crippen LogP contribution in [0.15, 0.2) is 24.3 Å². The van der Waals surface area contributed by atoms with E-state index in [-0.39, 0.29) is 16.7 Å². The van der Waals surface area contributed by atoms with Gasteiger partial charge in [-0.05, 0) is 60.4 Å². The molecule has 1 aromatic carbocycles. The van der Waals surface area contributed by atoms with E-state index >= 15 is 0 Å². The van der Waals surface area contributed by atoms with Gasteiger partial charge in [-0.15, -0.1) is 11.3 Å². The number of anilines is 1. The number of esters is 1. The summed E-state index contributed by atoms with van der Waals surface area (Å²) in [5, 5.41) is 22.1. The predicted molar refractivity (Wildman–Crippen MR) is 111 cm³/mol. The largest absolute Gasteiger partial charge is 0.508 e. The molecule has 6 nitrogen and oxygen atoms in total. The molecule has 1 amide bonds. The topological polar surface area (TPSA) is 99.4 Å². The van der Waals surface area contributed by atoms with Gasteiger partial charge in [0.05, 0.1) is 11.1 Å². The van der Waals surface area contributed by atoms with Crippen molar-refractivity contribution >= 4 is 28.2 Å². The Morgan fingerprint density at radius 2 is 2.00 bits per heavy atom. The number of ether oxygens (including phenoxy) is 1. The molecule has 1 aliphatic carbocycles. The molecule has 0 unspecified atom stereocenters. The molecular formula is C22H24N2O4S. The van der Waals surface area contributed by atoms with Crippen LogP contribution in [0, 0.1) is 22.7 Å². The van der Waals surface area contributed by atoms with Crippen LogP contribution in [0.5, 0.6) is 5.75 Å². The van der Waals surface area contributed by atoms with Crippen LogP contribution in [0.25, 0.3) is 0 Å². The molecule has 152 valence electrons. The highest BCUT2D eigenvalue weighted by Gasteiger charge is 2.32. The minimum atomic E-state index is -0.654. The SMILES string of the molecule is CC(C)(C)[C@@H]1CCc2c(sc(NC(=O)COC(=O)c3ccc(O)cc3)c2C#N)C1. The Labute approximate surface area is 174 Å². The molecule has 1 aromatic heterocycles. The number of nitrogens with zero attached hydrogens (tertiary/aromatic N) is 1. The Morgan fingerprint density at radius 3 is 2.62 bits per heavy atom. The predicted octanol–water partition coefficient (Wildman–Crippen LogP) is 4.27. The Kier molecular flexibility index (Phi) is 5.94. The molecule has 0 aliphatic heterocycles. The van der Waals surface area contributed by atoms with Gasteiger partial charge in [-0.25, -0.2) is 4.79 Å². The second-order valence-electron chi connectivity index (χ2n) is 8.30. The van der Waals surface area contributed by atoms with Gasteiger partial charge in [0, 0.05) is 4.88 Å². The third-order valence-electron chi connectivity index (χ3n) is 5.29. The van der Waals surface area contributed by atoms with Gasteiger partial charge in [0.2, 0.25) is 0 Å². The first-order valence-corrected chi connectivity index (χ1v) is 10.3. The summed E-state index contributed by atoms with van der Waals surface area (Å²) in [6, 6.07) is 7.80. The van der Waals surface area contributed by atoms with Crippen molar-refractivity contribution in [2.75, 3.05) is 11.9 Å². The van der Waals surface area contributed by atoms with E-state index in [2.05, 4.69) is 32.2 Å². The van der Waals surface area contributed by atoms with Crippen LogP contribution in [-0.2, 0) is 22.4 Å². The van der Waals surface area contributed by atoms with E-state index in [0.717, 1.165) is 29.7 Å². The first-order chi connectivity index (χ1) is 13.7. The summed E-state index contributed by atoms with van der Waals surface area (Å²) < 4.78 is 5.03. The number of benzene rings is 1. The highest BCUT2D eigenvalue weighted by molar-refractivity contribution is 7.16. The van der Waals surface area contributed by atoms with E-state index in [9.17, 15) is 20.0 Å². The van der Waals surface area contributed by atoms with Crippen LogP contribution in [0.3, 0.4) is 0 Å². The van der Waals surface area contributed by atoms with Crippen molar-refractivity contribution in [2.24, 2.45) is 11.3 Å². The molecule has 0 fully saturated rings. The number of hydrogen-bond donors (Lipinski definition) is 2. The number of carbonyl (C=O) groups is 2. The van der Waals surface area contributed by atoms with Gasteiger partial charge in [-0.2, -0.15) is 5.26 Å². The number of phenols is 1. The monoisotopic (exact) mass is 412 g/mol. The second-order valence-corrected chi connectivity index (χ2v) is 9.40. The maximum absolute atomic E-state index is 12.3. The van der Waals surface area contributed by atoms with Gasteiger partial charge in [0.15, 0.2) is 6.61 Å². The molecule has 2 aromatic rings. The fourth-order valence-electron chi connectivity index (χ4n) is 3.51. The van der Waals surface area contributed by atoms with Crippen LogP contribution in [-0.4, -0.2) is 23.6 Å². The van der Waals surface area contributed by atoms with Gasteiger partial charge in [-0.1, -0.05) is 20.8 Å². The summed E-state index contributed by atoms with van der Waals surface area (Å²) in [5.41, 5.74) is 2.00. The Morgan fingerprint density at radius 1 is 1.31 bits per heavy atom. The van der Waals surface area contributed by atoms with E-state index < -0.39 is 18.5 Å². The molecule has 1 heterocycles. The molecular weight excluding hydrogens is 388 g/mol. The van der Waals surface area contributed by atoms with Crippen LogP contribution in [0.1, 0.15) is 53.6 Å². The summed E-state index contributed by atoms with van der Waals surface area (Å²) in [6.45, 7) is 6.24. The highest BCUT2D eigenvalue weighted by Crippen LogP contribution is 2.43. The van der Waals surface area contributed by atoms with Crippen molar-refractivity contribution in [1.82, 2.24) is 0 Å². The summed E-state index contributed by atoms with van der Waals surface area (Å²) in [4.78, 5) is 25.4. The zero-order valence-corrected chi connectivity index (χ0v) is 17.6. The number of amides is 1. The molecule has 0 bridgehead atoms. The maximum Gasteiger partial charge on any atom is 0.338 e. The summed E-state index contributed by atoms with van der Waals surface area (Å²) in [5.74, 6) is -0.563. The number of nitrogens with one attached hydrogen (secondary N) is 1. The summed E-state index contributed by atoms with van der Waals surface area (Å²) in [6.07, 6.45) is 2.77. The normalized spacial score (nSPS) is 15.9. The Bertz CT molecular complexity index is 964. The first-order valence-electron chi connectivity index (χ1n) is 9.49. The van der Waals surface area contributed by atoms with E-state index in [0.29, 0.717) is 16.5 Å². The highest BCUT2D eigenvalue weighted by atomic mass is 32.1. The zero-order chi connectivity index (χ0) is 21.2. The molecule has 1 atom stereocenters. The van der Waals surface area contributed by atoms with Gasteiger partial charge < -0.3 is 15.2 Å². The third-order valence-corrected chi connectivity index (χ3v) is 6.46. The molecule has 29 heavy (non-hydrogen) atoms. The molecule has 0 radical (unpaired) electrons. The number of rotatable bonds is 4. The minimum absolute atomic E-state index is 0.0405. The van der Waals surface area contributed by atoms with Crippen LogP contribution in [0.4, 0.5) is 5.00 Å². The van der Waals surface area contributed by atoms with Gasteiger partial charge in [-0.3, -0.25) is 4.79 Å². The lowest BCUT2D eigenvalue weighted by Crippen LogP contribution is -2.26. The van der Waals surface area contributed by atoms with Crippen molar-refractivity contribution in [3.63, 3.8) is 0 Å². The number of fused-ring (bicyclic) bond motifs is 1. The summed E-state index contributed by atoms with van der Waals surface area (Å²) >= 11 is 1.44. The minimum Gasteiger partial charge on any atom is -0.508 e. The lowest BCUT2D eigenvalue weighted by Gasteiger charge is -2.33. The number of aromatic hydroxyl groups is 1. The van der Waals surface area contributed by atoms with E-state index in [1.54, 1.807) is 0 Å². The van der Waals surface area contributed by atoms with Crippen LogP contribution in [0.2, 0.25) is 0 Å². The third kappa shape index (κ3) is 4.77. The lowest BCUT2D eigenvalue weighted by atomic mass is 9.72. The number of phenolic OH excluding ortho intramolecular Hbond substituents is 1. The second kappa shape index (κ2) is 8.26. The van der Waals surface area contributed by atoms with Crippen molar-refractivity contribution < 1.29 is 19.4 Å². The van der Waals surface area contributed by atoms with Gasteiger partial charge in [0.25, 0.3) is 5.91 Å². The molecule has 0 spiro atoms. The Balaban J connectivity index is 1.65. The fourth-order valence-corrected chi connectivity index (χ4v) is 4.80. The smallest absolute Gasteiger partial charge is 0.338 e. The quantitative estimate of drug-likeness (QED) is 0.731. The van der Waals surface area contributed by atoms with Gasteiger partial charge in [0.1, 0.15) is 16.8 Å². The maximum atomic E-state index is 12.3. The van der Waals surface area contributed by atoms with E-state index in [1.807, 2.05) is 0 Å². The van der Waals surface area contributed by atoms with E-state index in [4.69, 9.17) is 4.74 Å². The fraction of sp³-hybridized carbons (Fsp3) is 0.409. The average molecular weight is 413 g/mol. The average Bonchev–Trinajstić information content (AvgIpc) is 3.02. The Hall–Kier alpha value is -2.85. The number of carbonyl (C=O) groups excluding carboxylic acids is 2. The van der Waals surface area contributed by atoms with Crippen molar-refractivity contribution in [3.05, 3.63) is 45.8 Å². The van der Waals surface area contributed by atoms with Crippen molar-refractivity contribution in [3.8, 4) is 11.8 Å². The van der Waals surface area contributed by atoms with Crippen molar-refractivity contribution in [2.45, 2.75) is 40.0 Å². The van der Waals surface area contributed by atoms with E-state index in [1.165, 1.54) is 35.6 Å². The first kappa shape index (κ1) is 20.9. The number of nitriles is 1. The number of thiophene rings is 1. The molecule has 2 N–H and O–H groups in total. The molecule has 0 saturated carbocycles. The number of hydrogen-bond acceptors (Lipinski definition) is 6. The summed E-state index contributed by atoms with van der Waals surface area (Å²) in [7, 11) is 0. The molecule has 7 heteroatoms. The van der Waals surface area contributed by atoms with Crippen molar-refractivity contribution in [1.29, 1.82) is 5.26 Å². The molecule has 0 saturated heterocycles.